The van der Waals surface area contributed by atoms with Crippen LogP contribution in [0.4, 0.5) is 0 Å². The van der Waals surface area contributed by atoms with Crippen LogP contribution in [0.5, 0.6) is 11.5 Å². The molecule has 3 aliphatic rings. The van der Waals surface area contributed by atoms with E-state index in [1.165, 1.54) is 19.3 Å². The number of fused-ring (bicyclic) bond motifs is 4. The van der Waals surface area contributed by atoms with Crippen LogP contribution in [0.15, 0.2) is 6.07 Å². The molecule has 0 saturated carbocycles. The highest BCUT2D eigenvalue weighted by Crippen LogP contribution is 2.49. The summed E-state index contributed by atoms with van der Waals surface area (Å²) in [6.45, 7) is 6.94. The number of hydrogen-bond acceptors (Lipinski definition) is 5. The topological polar surface area (TPSA) is 54.0 Å². The molecular weight excluding hydrogens is 368 g/mol. The van der Waals surface area contributed by atoms with Crippen LogP contribution in [0.25, 0.3) is 0 Å². The first kappa shape index (κ1) is 20.5. The summed E-state index contributed by atoms with van der Waals surface area (Å²) in [5, 5.41) is 0. The fraction of sp³-hybridized carbons (Fsp3) is 0.708. The molecule has 1 fully saturated rings. The molecule has 4 unspecified atom stereocenters. The van der Waals surface area contributed by atoms with Gasteiger partial charge in [-0.15, -0.1) is 0 Å². The molecule has 1 aromatic carbocycles. The van der Waals surface area contributed by atoms with Crippen LogP contribution in [0, 0.1) is 11.8 Å². The minimum atomic E-state index is -0.605. The third kappa shape index (κ3) is 3.86. The van der Waals surface area contributed by atoms with Gasteiger partial charge in [0.1, 0.15) is 17.1 Å². The Morgan fingerprint density at radius 3 is 2.66 bits per heavy atom. The molecule has 1 saturated heterocycles. The number of carbonyl (C=O) groups excluding carboxylic acids is 1. The molecule has 3 heterocycles. The Hall–Kier alpha value is -1.75. The van der Waals surface area contributed by atoms with E-state index in [0.717, 1.165) is 49.0 Å². The van der Waals surface area contributed by atoms with Crippen LogP contribution in [0.3, 0.4) is 0 Å². The number of esters is 1. The molecule has 0 amide bonds. The minimum Gasteiger partial charge on any atom is -0.496 e. The summed E-state index contributed by atoms with van der Waals surface area (Å²) in [5.74, 6) is 1.17. The molecule has 0 aromatic heterocycles. The Balaban J connectivity index is 1.79. The molecule has 5 nitrogen and oxygen atoms in total. The van der Waals surface area contributed by atoms with Gasteiger partial charge in [0.25, 0.3) is 0 Å². The van der Waals surface area contributed by atoms with E-state index < -0.39 is 5.79 Å². The molecule has 29 heavy (non-hydrogen) atoms. The first-order chi connectivity index (χ1) is 13.9. The van der Waals surface area contributed by atoms with Gasteiger partial charge < -0.3 is 18.9 Å². The molecule has 3 aliphatic heterocycles. The summed E-state index contributed by atoms with van der Waals surface area (Å²) in [6, 6.07) is 1.86. The second kappa shape index (κ2) is 8.17. The van der Waals surface area contributed by atoms with Crippen LogP contribution in [-0.4, -0.2) is 31.6 Å². The first-order valence-electron chi connectivity index (χ1n) is 11.2. The number of benzene rings is 1. The van der Waals surface area contributed by atoms with Crippen LogP contribution >= 0.6 is 0 Å². The standard InChI is InChI=1S/C24H34O5/c1-15-14-27-24(3)19(15)12-18-17-11-9-7-5-6-8-10-16(2)28-23(25)22(17)21(26-4)13-20(18)29-24/h13,15-16,19H,5-12,14H2,1-4H3. The number of cyclic esters (lactones) is 1. The van der Waals surface area contributed by atoms with Gasteiger partial charge in [0.2, 0.25) is 5.79 Å². The van der Waals surface area contributed by atoms with E-state index in [-0.39, 0.29) is 18.0 Å². The zero-order chi connectivity index (χ0) is 20.6. The molecule has 160 valence electrons. The van der Waals surface area contributed by atoms with Crippen molar-refractivity contribution in [1.82, 2.24) is 0 Å². The van der Waals surface area contributed by atoms with Crippen molar-refractivity contribution in [1.29, 1.82) is 0 Å². The van der Waals surface area contributed by atoms with Crippen molar-refractivity contribution in [2.24, 2.45) is 11.8 Å². The van der Waals surface area contributed by atoms with Gasteiger partial charge in [0.05, 0.1) is 19.8 Å². The largest absolute Gasteiger partial charge is 0.496 e. The van der Waals surface area contributed by atoms with E-state index >= 15 is 0 Å². The molecule has 0 radical (unpaired) electrons. The number of rotatable bonds is 1. The molecule has 0 spiro atoms. The van der Waals surface area contributed by atoms with Gasteiger partial charge in [-0.1, -0.05) is 26.2 Å². The van der Waals surface area contributed by atoms with Gasteiger partial charge in [-0.05, 0) is 56.1 Å². The molecular formula is C24H34O5. The summed E-state index contributed by atoms with van der Waals surface area (Å²) >= 11 is 0. The molecule has 1 aromatic rings. The summed E-state index contributed by atoms with van der Waals surface area (Å²) in [5.41, 5.74) is 2.79. The highest BCUT2D eigenvalue weighted by molar-refractivity contribution is 5.95. The second-order valence-electron chi connectivity index (χ2n) is 9.15. The molecule has 4 atom stereocenters. The third-order valence-corrected chi connectivity index (χ3v) is 6.97. The maximum atomic E-state index is 13.2. The molecule has 5 heteroatoms. The summed E-state index contributed by atoms with van der Waals surface area (Å²) < 4.78 is 23.9. The maximum Gasteiger partial charge on any atom is 0.342 e. The highest BCUT2D eigenvalue weighted by Gasteiger charge is 2.50. The van der Waals surface area contributed by atoms with Crippen LogP contribution in [0.1, 0.15) is 80.8 Å². The van der Waals surface area contributed by atoms with Gasteiger partial charge in [0.15, 0.2) is 0 Å². The smallest absolute Gasteiger partial charge is 0.342 e. The highest BCUT2D eigenvalue weighted by atomic mass is 16.7. The Morgan fingerprint density at radius 1 is 1.10 bits per heavy atom. The van der Waals surface area contributed by atoms with Crippen molar-refractivity contribution >= 4 is 5.97 Å². The summed E-state index contributed by atoms with van der Waals surface area (Å²) in [6.07, 6.45) is 8.30. The van der Waals surface area contributed by atoms with Crippen molar-refractivity contribution in [3.8, 4) is 11.5 Å². The van der Waals surface area contributed by atoms with Gasteiger partial charge in [-0.25, -0.2) is 4.79 Å². The van der Waals surface area contributed by atoms with Gasteiger partial charge in [0, 0.05) is 18.9 Å². The Labute approximate surface area is 174 Å². The summed E-state index contributed by atoms with van der Waals surface area (Å²) in [7, 11) is 1.61. The Morgan fingerprint density at radius 2 is 1.86 bits per heavy atom. The zero-order valence-electron chi connectivity index (χ0n) is 18.2. The van der Waals surface area contributed by atoms with E-state index in [1.54, 1.807) is 7.11 Å². The average molecular weight is 403 g/mol. The lowest BCUT2D eigenvalue weighted by Gasteiger charge is -2.39. The Bertz CT molecular complexity index is 773. The van der Waals surface area contributed by atoms with Crippen molar-refractivity contribution in [3.63, 3.8) is 0 Å². The minimum absolute atomic E-state index is 0.0849. The lowest BCUT2D eigenvalue weighted by molar-refractivity contribution is -0.166. The lowest BCUT2D eigenvalue weighted by atomic mass is 9.79. The SMILES string of the molecule is COc1cc2c(c3c1C(=O)OC(C)CCCCCCC3)CC1C(C)COC1(C)O2. The monoisotopic (exact) mass is 402 g/mol. The molecule has 0 aliphatic carbocycles. The first-order valence-corrected chi connectivity index (χ1v) is 11.2. The normalized spacial score (nSPS) is 32.6. The fourth-order valence-corrected chi connectivity index (χ4v) is 5.23. The number of hydrogen-bond donors (Lipinski definition) is 0. The number of ether oxygens (including phenoxy) is 4. The van der Waals surface area contributed by atoms with Crippen molar-refractivity contribution in [3.05, 3.63) is 22.8 Å². The maximum absolute atomic E-state index is 13.2. The predicted molar refractivity (Wildman–Crippen MR) is 111 cm³/mol. The molecule has 0 bridgehead atoms. The van der Waals surface area contributed by atoms with Gasteiger partial charge in [-0.3, -0.25) is 0 Å². The Kier molecular flexibility index (Phi) is 5.78. The number of carbonyl (C=O) groups is 1. The average Bonchev–Trinajstić information content (AvgIpc) is 2.97. The number of methoxy groups -OCH3 is 1. The van der Waals surface area contributed by atoms with E-state index in [4.69, 9.17) is 18.9 Å². The van der Waals surface area contributed by atoms with Crippen LogP contribution in [-0.2, 0) is 22.3 Å². The molecule has 0 N–H and O–H groups in total. The van der Waals surface area contributed by atoms with Crippen LogP contribution in [0.2, 0.25) is 0 Å². The fourth-order valence-electron chi connectivity index (χ4n) is 5.23. The zero-order valence-corrected chi connectivity index (χ0v) is 18.2. The van der Waals surface area contributed by atoms with E-state index in [1.807, 2.05) is 19.9 Å². The van der Waals surface area contributed by atoms with Crippen molar-refractivity contribution in [2.45, 2.75) is 84.0 Å². The second-order valence-corrected chi connectivity index (χ2v) is 9.15. The lowest BCUT2D eigenvalue weighted by Crippen LogP contribution is -2.44. The predicted octanol–water partition coefficient (Wildman–Crippen LogP) is 5.07. The quantitative estimate of drug-likeness (QED) is 0.614. The third-order valence-electron chi connectivity index (χ3n) is 6.97. The van der Waals surface area contributed by atoms with Gasteiger partial charge >= 0.3 is 5.97 Å². The van der Waals surface area contributed by atoms with Crippen LogP contribution < -0.4 is 9.47 Å². The van der Waals surface area contributed by atoms with Gasteiger partial charge in [-0.2, -0.15) is 0 Å². The summed E-state index contributed by atoms with van der Waals surface area (Å²) in [4.78, 5) is 13.2. The van der Waals surface area contributed by atoms with E-state index in [9.17, 15) is 4.79 Å². The van der Waals surface area contributed by atoms with Crippen molar-refractivity contribution in [2.75, 3.05) is 13.7 Å². The van der Waals surface area contributed by atoms with E-state index in [0.29, 0.717) is 23.8 Å². The van der Waals surface area contributed by atoms with Crippen molar-refractivity contribution < 1.29 is 23.7 Å². The van der Waals surface area contributed by atoms with E-state index in [2.05, 4.69) is 6.92 Å². The molecule has 4 rings (SSSR count).